The van der Waals surface area contributed by atoms with Gasteiger partial charge in [0.2, 0.25) is 0 Å². The van der Waals surface area contributed by atoms with E-state index in [2.05, 4.69) is 5.10 Å². The van der Waals surface area contributed by atoms with Crippen LogP contribution in [0.25, 0.3) is 16.9 Å². The summed E-state index contributed by atoms with van der Waals surface area (Å²) in [7, 11) is 3.32. The van der Waals surface area contributed by atoms with Gasteiger partial charge in [0.1, 0.15) is 11.5 Å². The number of rotatable bonds is 3. The third-order valence-corrected chi connectivity index (χ3v) is 5.34. The zero-order valence-corrected chi connectivity index (χ0v) is 15.0. The summed E-state index contributed by atoms with van der Waals surface area (Å²) in [5.41, 5.74) is 4.24. The normalized spacial score (nSPS) is 15.5. The van der Waals surface area contributed by atoms with Crippen molar-refractivity contribution in [1.82, 2.24) is 14.2 Å². The van der Waals surface area contributed by atoms with Gasteiger partial charge < -0.3 is 9.30 Å². The first-order valence-electron chi connectivity index (χ1n) is 9.02. The van der Waals surface area contributed by atoms with Gasteiger partial charge in [0.05, 0.1) is 18.5 Å². The molecule has 0 spiro atoms. The number of esters is 1. The number of aryl methyl sites for hydroxylation is 1. The molecule has 0 saturated heterocycles. The number of aromatic nitrogens is 3. The topological polar surface area (TPSA) is 48.5 Å². The van der Waals surface area contributed by atoms with Gasteiger partial charge in [0.15, 0.2) is 5.69 Å². The summed E-state index contributed by atoms with van der Waals surface area (Å²) in [4.78, 5) is 11.9. The molecule has 0 amide bonds. The standard InChI is InChI=1S/C20H22FN3O2/c1-23-17-12-16(20(25)26-2)22-24(17)19(13-6-4-3-5-7-13)18(23)14-8-10-15(21)11-9-14/h8-13H,3-7H2,1-2H3. The van der Waals surface area contributed by atoms with E-state index in [4.69, 9.17) is 4.74 Å². The molecule has 1 aromatic carbocycles. The summed E-state index contributed by atoms with van der Waals surface area (Å²) in [5, 5.41) is 4.53. The number of hydrogen-bond acceptors (Lipinski definition) is 3. The zero-order chi connectivity index (χ0) is 18.3. The molecule has 1 saturated carbocycles. The van der Waals surface area contributed by atoms with Crippen molar-refractivity contribution in [3.05, 3.63) is 47.5 Å². The summed E-state index contributed by atoms with van der Waals surface area (Å²) in [6.45, 7) is 0. The van der Waals surface area contributed by atoms with E-state index in [9.17, 15) is 9.18 Å². The fourth-order valence-corrected chi connectivity index (χ4v) is 4.07. The molecule has 0 N–H and O–H groups in total. The molecule has 2 heterocycles. The van der Waals surface area contributed by atoms with E-state index in [1.165, 1.54) is 38.5 Å². The predicted molar refractivity (Wildman–Crippen MR) is 96.7 cm³/mol. The van der Waals surface area contributed by atoms with Crippen LogP contribution in [0.3, 0.4) is 0 Å². The Morgan fingerprint density at radius 1 is 1.19 bits per heavy atom. The van der Waals surface area contributed by atoms with Crippen LogP contribution in [-0.2, 0) is 11.8 Å². The number of carbonyl (C=O) groups is 1. The summed E-state index contributed by atoms with van der Waals surface area (Å²) < 4.78 is 22.1. The lowest BCUT2D eigenvalue weighted by molar-refractivity contribution is 0.0593. The van der Waals surface area contributed by atoms with Crippen LogP contribution in [0.4, 0.5) is 4.39 Å². The summed E-state index contributed by atoms with van der Waals surface area (Å²) >= 11 is 0. The molecule has 0 atom stereocenters. The molecule has 3 aromatic rings. The number of hydrogen-bond donors (Lipinski definition) is 0. The van der Waals surface area contributed by atoms with Gasteiger partial charge in [-0.3, -0.25) is 0 Å². The number of halogens is 1. The lowest BCUT2D eigenvalue weighted by atomic mass is 9.85. The summed E-state index contributed by atoms with van der Waals surface area (Å²) in [6, 6.07) is 8.33. The second kappa shape index (κ2) is 6.59. The number of methoxy groups -OCH3 is 1. The first-order chi connectivity index (χ1) is 12.6. The minimum absolute atomic E-state index is 0.250. The lowest BCUT2D eigenvalue weighted by Gasteiger charge is -2.22. The highest BCUT2D eigenvalue weighted by Gasteiger charge is 2.28. The number of benzene rings is 1. The monoisotopic (exact) mass is 355 g/mol. The molecule has 0 unspecified atom stereocenters. The fourth-order valence-electron chi connectivity index (χ4n) is 4.07. The highest BCUT2D eigenvalue weighted by molar-refractivity contribution is 5.89. The Bertz CT molecular complexity index is 950. The predicted octanol–water partition coefficient (Wildman–Crippen LogP) is 4.31. The Morgan fingerprint density at radius 2 is 1.88 bits per heavy atom. The zero-order valence-electron chi connectivity index (χ0n) is 15.0. The molecule has 4 rings (SSSR count). The molecule has 5 nitrogen and oxygen atoms in total. The molecule has 136 valence electrons. The number of fused-ring (bicyclic) bond motifs is 1. The van der Waals surface area contributed by atoms with Crippen molar-refractivity contribution in [2.45, 2.75) is 38.0 Å². The molecular formula is C20H22FN3O2. The Balaban J connectivity index is 1.94. The van der Waals surface area contributed by atoms with E-state index in [-0.39, 0.29) is 5.82 Å². The minimum Gasteiger partial charge on any atom is -0.464 e. The maximum atomic E-state index is 13.4. The Labute approximate surface area is 151 Å². The van der Waals surface area contributed by atoms with E-state index >= 15 is 0 Å². The van der Waals surface area contributed by atoms with Gasteiger partial charge in [0, 0.05) is 24.6 Å². The molecule has 1 aliphatic rings. The van der Waals surface area contributed by atoms with Crippen LogP contribution >= 0.6 is 0 Å². The SMILES string of the molecule is COC(=O)c1cc2n(C)c(-c3ccc(F)cc3)c(C3CCCCC3)n2n1. The van der Waals surface area contributed by atoms with Gasteiger partial charge in [-0.05, 0) is 37.1 Å². The highest BCUT2D eigenvalue weighted by Crippen LogP contribution is 2.39. The fraction of sp³-hybridized carbons (Fsp3) is 0.400. The van der Waals surface area contributed by atoms with Crippen molar-refractivity contribution in [2.75, 3.05) is 7.11 Å². The molecule has 6 heteroatoms. The molecular weight excluding hydrogens is 333 g/mol. The van der Waals surface area contributed by atoms with Crippen LogP contribution < -0.4 is 0 Å². The molecule has 2 aromatic heterocycles. The third kappa shape index (κ3) is 2.69. The van der Waals surface area contributed by atoms with Gasteiger partial charge >= 0.3 is 5.97 Å². The van der Waals surface area contributed by atoms with Crippen LogP contribution in [-0.4, -0.2) is 27.3 Å². The summed E-state index contributed by atoms with van der Waals surface area (Å²) in [5.74, 6) is -0.315. The second-order valence-electron chi connectivity index (χ2n) is 6.93. The van der Waals surface area contributed by atoms with Crippen molar-refractivity contribution in [3.63, 3.8) is 0 Å². The smallest absolute Gasteiger partial charge is 0.358 e. The second-order valence-corrected chi connectivity index (χ2v) is 6.93. The van der Waals surface area contributed by atoms with Crippen molar-refractivity contribution >= 4 is 11.6 Å². The third-order valence-electron chi connectivity index (χ3n) is 5.34. The van der Waals surface area contributed by atoms with Crippen molar-refractivity contribution in [1.29, 1.82) is 0 Å². The van der Waals surface area contributed by atoms with Gasteiger partial charge in [-0.25, -0.2) is 13.7 Å². The van der Waals surface area contributed by atoms with Crippen LogP contribution in [0.2, 0.25) is 0 Å². The number of nitrogens with zero attached hydrogens (tertiary/aromatic N) is 3. The largest absolute Gasteiger partial charge is 0.464 e. The van der Waals surface area contributed by atoms with E-state index in [0.29, 0.717) is 11.6 Å². The quantitative estimate of drug-likeness (QED) is 0.658. The van der Waals surface area contributed by atoms with E-state index in [0.717, 1.165) is 35.4 Å². The van der Waals surface area contributed by atoms with Gasteiger partial charge in [-0.1, -0.05) is 19.3 Å². The van der Waals surface area contributed by atoms with Gasteiger partial charge in [-0.15, -0.1) is 0 Å². The minimum atomic E-state index is -0.438. The summed E-state index contributed by atoms with van der Waals surface area (Å²) in [6.07, 6.45) is 5.83. The first kappa shape index (κ1) is 16.8. The average molecular weight is 355 g/mol. The van der Waals surface area contributed by atoms with Gasteiger partial charge in [-0.2, -0.15) is 5.10 Å². The average Bonchev–Trinajstić information content (AvgIpc) is 3.21. The molecule has 26 heavy (non-hydrogen) atoms. The van der Waals surface area contributed by atoms with Crippen molar-refractivity contribution < 1.29 is 13.9 Å². The van der Waals surface area contributed by atoms with E-state index < -0.39 is 5.97 Å². The van der Waals surface area contributed by atoms with E-state index in [1.807, 2.05) is 16.1 Å². The molecule has 0 radical (unpaired) electrons. The first-order valence-corrected chi connectivity index (χ1v) is 9.02. The number of carbonyl (C=O) groups excluding carboxylic acids is 1. The Hall–Kier alpha value is -2.63. The molecule has 0 bridgehead atoms. The molecule has 1 aliphatic carbocycles. The van der Waals surface area contributed by atoms with Crippen LogP contribution in [0.15, 0.2) is 30.3 Å². The highest BCUT2D eigenvalue weighted by atomic mass is 19.1. The van der Waals surface area contributed by atoms with E-state index in [1.54, 1.807) is 18.2 Å². The van der Waals surface area contributed by atoms with Crippen LogP contribution in [0.5, 0.6) is 0 Å². The number of imidazole rings is 1. The number of ether oxygens (including phenoxy) is 1. The Kier molecular flexibility index (Phi) is 4.26. The van der Waals surface area contributed by atoms with Gasteiger partial charge in [0.25, 0.3) is 0 Å². The molecule has 0 aliphatic heterocycles. The Morgan fingerprint density at radius 3 is 2.54 bits per heavy atom. The lowest BCUT2D eigenvalue weighted by Crippen LogP contribution is -2.10. The van der Waals surface area contributed by atoms with Crippen molar-refractivity contribution in [3.8, 4) is 11.3 Å². The maximum Gasteiger partial charge on any atom is 0.358 e. The van der Waals surface area contributed by atoms with Crippen molar-refractivity contribution in [2.24, 2.45) is 7.05 Å². The maximum absolute atomic E-state index is 13.4. The van der Waals surface area contributed by atoms with Crippen LogP contribution in [0, 0.1) is 5.82 Å². The van der Waals surface area contributed by atoms with Crippen LogP contribution in [0.1, 0.15) is 54.2 Å². The molecule has 1 fully saturated rings.